The maximum Gasteiger partial charge on any atom is 0.195 e. The first-order valence-electron chi connectivity index (χ1n) is 11.0. The molecule has 0 amide bonds. The SMILES string of the molecule is COCCCc1cnc(CCc2ccc(C#Cc3ccc4c(F)c(F)c(F)cc4c3)cc2)nc1. The van der Waals surface area contributed by atoms with Gasteiger partial charge in [0.2, 0.25) is 0 Å². The highest BCUT2D eigenvalue weighted by Crippen LogP contribution is 2.24. The van der Waals surface area contributed by atoms with Crippen LogP contribution in [-0.2, 0) is 24.0 Å². The number of hydrogen-bond donors (Lipinski definition) is 0. The summed E-state index contributed by atoms with van der Waals surface area (Å²) >= 11 is 0. The van der Waals surface area contributed by atoms with Crippen LogP contribution in [0.15, 0.2) is 60.9 Å². The second-order valence-corrected chi connectivity index (χ2v) is 7.97. The number of aromatic nitrogens is 2. The Labute approximate surface area is 196 Å². The van der Waals surface area contributed by atoms with Crippen molar-refractivity contribution in [2.24, 2.45) is 0 Å². The topological polar surface area (TPSA) is 35.0 Å². The van der Waals surface area contributed by atoms with E-state index in [1.807, 2.05) is 36.7 Å². The molecule has 3 nitrogen and oxygen atoms in total. The average molecular weight is 460 g/mol. The number of methoxy groups -OCH3 is 1. The fourth-order valence-electron chi connectivity index (χ4n) is 3.60. The maximum atomic E-state index is 13.9. The molecule has 0 bridgehead atoms. The lowest BCUT2D eigenvalue weighted by Crippen LogP contribution is -2.00. The van der Waals surface area contributed by atoms with E-state index in [9.17, 15) is 13.2 Å². The van der Waals surface area contributed by atoms with Gasteiger partial charge in [-0.25, -0.2) is 23.1 Å². The Bertz CT molecular complexity index is 1340. The Morgan fingerprint density at radius 3 is 2.21 bits per heavy atom. The van der Waals surface area contributed by atoms with Crippen molar-refractivity contribution in [1.82, 2.24) is 9.97 Å². The molecule has 0 fully saturated rings. The van der Waals surface area contributed by atoms with Crippen LogP contribution in [0.2, 0.25) is 0 Å². The summed E-state index contributed by atoms with van der Waals surface area (Å²) < 4.78 is 45.8. The van der Waals surface area contributed by atoms with Crippen molar-refractivity contribution < 1.29 is 17.9 Å². The third kappa shape index (κ3) is 5.81. The minimum absolute atomic E-state index is 0.0264. The van der Waals surface area contributed by atoms with Crippen LogP contribution in [0.4, 0.5) is 13.2 Å². The maximum absolute atomic E-state index is 13.9. The molecule has 1 heterocycles. The number of fused-ring (bicyclic) bond motifs is 1. The zero-order valence-corrected chi connectivity index (χ0v) is 18.7. The van der Waals surface area contributed by atoms with Gasteiger partial charge in [-0.15, -0.1) is 0 Å². The van der Waals surface area contributed by atoms with E-state index >= 15 is 0 Å². The van der Waals surface area contributed by atoms with E-state index in [2.05, 4.69) is 21.8 Å². The minimum Gasteiger partial charge on any atom is -0.385 e. The normalized spacial score (nSPS) is 10.8. The highest BCUT2D eigenvalue weighted by molar-refractivity contribution is 5.84. The van der Waals surface area contributed by atoms with Gasteiger partial charge in [0.05, 0.1) is 0 Å². The van der Waals surface area contributed by atoms with Crippen molar-refractivity contribution in [1.29, 1.82) is 0 Å². The van der Waals surface area contributed by atoms with E-state index in [0.717, 1.165) is 60.9 Å². The van der Waals surface area contributed by atoms with Crippen LogP contribution >= 0.6 is 0 Å². The molecule has 0 aliphatic heterocycles. The molecule has 4 rings (SSSR count). The summed E-state index contributed by atoms with van der Waals surface area (Å²) in [6.07, 6.45) is 7.17. The number of benzene rings is 3. The van der Waals surface area contributed by atoms with E-state index in [0.29, 0.717) is 5.56 Å². The molecule has 4 aromatic rings. The number of rotatable bonds is 7. The molecule has 6 heteroatoms. The zero-order chi connectivity index (χ0) is 23.9. The van der Waals surface area contributed by atoms with E-state index in [1.54, 1.807) is 19.2 Å². The summed E-state index contributed by atoms with van der Waals surface area (Å²) in [6.45, 7) is 0.728. The molecule has 0 radical (unpaired) electrons. The number of ether oxygens (including phenoxy) is 1. The van der Waals surface area contributed by atoms with Crippen molar-refractivity contribution in [2.75, 3.05) is 13.7 Å². The number of hydrogen-bond acceptors (Lipinski definition) is 3. The van der Waals surface area contributed by atoms with Crippen molar-refractivity contribution in [3.63, 3.8) is 0 Å². The van der Waals surface area contributed by atoms with Gasteiger partial charge >= 0.3 is 0 Å². The van der Waals surface area contributed by atoms with Crippen LogP contribution in [0.25, 0.3) is 10.8 Å². The molecule has 172 valence electrons. The largest absolute Gasteiger partial charge is 0.385 e. The molecular weight excluding hydrogens is 437 g/mol. The molecule has 1 aromatic heterocycles. The van der Waals surface area contributed by atoms with E-state index in [1.165, 1.54) is 6.07 Å². The lowest BCUT2D eigenvalue weighted by atomic mass is 10.0. The Morgan fingerprint density at radius 2 is 1.47 bits per heavy atom. The second-order valence-electron chi connectivity index (χ2n) is 7.97. The zero-order valence-electron chi connectivity index (χ0n) is 18.7. The van der Waals surface area contributed by atoms with Gasteiger partial charge in [-0.3, -0.25) is 0 Å². The first-order valence-corrected chi connectivity index (χ1v) is 11.0. The average Bonchev–Trinajstić information content (AvgIpc) is 2.86. The summed E-state index contributed by atoms with van der Waals surface area (Å²) in [5, 5.41) is 0.294. The molecule has 34 heavy (non-hydrogen) atoms. The highest BCUT2D eigenvalue weighted by Gasteiger charge is 2.13. The molecule has 0 spiro atoms. The van der Waals surface area contributed by atoms with Gasteiger partial charge in [0.15, 0.2) is 17.5 Å². The van der Waals surface area contributed by atoms with Crippen LogP contribution in [0, 0.1) is 29.3 Å². The van der Waals surface area contributed by atoms with Crippen LogP contribution < -0.4 is 0 Å². The monoisotopic (exact) mass is 460 g/mol. The van der Waals surface area contributed by atoms with Crippen LogP contribution in [0.1, 0.15) is 34.5 Å². The van der Waals surface area contributed by atoms with Gasteiger partial charge < -0.3 is 4.74 Å². The predicted molar refractivity (Wildman–Crippen MR) is 126 cm³/mol. The van der Waals surface area contributed by atoms with E-state index in [-0.39, 0.29) is 10.8 Å². The molecule has 0 unspecified atom stereocenters. The quantitative estimate of drug-likeness (QED) is 0.198. The lowest BCUT2D eigenvalue weighted by Gasteiger charge is -2.04. The lowest BCUT2D eigenvalue weighted by molar-refractivity contribution is 0.195. The Kier molecular flexibility index (Phi) is 7.56. The van der Waals surface area contributed by atoms with E-state index < -0.39 is 17.5 Å². The summed E-state index contributed by atoms with van der Waals surface area (Å²) in [7, 11) is 1.69. The van der Waals surface area contributed by atoms with Crippen molar-refractivity contribution in [3.8, 4) is 11.8 Å². The first kappa shape index (κ1) is 23.5. The molecule has 3 aromatic carbocycles. The molecule has 0 saturated heterocycles. The smallest absolute Gasteiger partial charge is 0.195 e. The summed E-state index contributed by atoms with van der Waals surface area (Å²) in [5.41, 5.74) is 3.66. The third-order valence-corrected chi connectivity index (χ3v) is 5.49. The van der Waals surface area contributed by atoms with Crippen molar-refractivity contribution in [3.05, 3.63) is 106 Å². The fraction of sp³-hybridized carbons (Fsp3) is 0.214. The predicted octanol–water partition coefficient (Wildman–Crippen LogP) is 5.81. The number of aryl methyl sites for hydroxylation is 3. The Morgan fingerprint density at radius 1 is 0.765 bits per heavy atom. The number of halogens is 3. The van der Waals surface area contributed by atoms with Gasteiger partial charge in [-0.05, 0) is 66.1 Å². The van der Waals surface area contributed by atoms with Crippen LogP contribution in [0.3, 0.4) is 0 Å². The summed E-state index contributed by atoms with van der Waals surface area (Å²) in [4.78, 5) is 8.90. The molecule has 0 N–H and O–H groups in total. The fourth-order valence-corrected chi connectivity index (χ4v) is 3.60. The Hall–Kier alpha value is -3.69. The second kappa shape index (κ2) is 11.0. The highest BCUT2D eigenvalue weighted by atomic mass is 19.2. The summed E-state index contributed by atoms with van der Waals surface area (Å²) in [6, 6.07) is 13.4. The summed E-state index contributed by atoms with van der Waals surface area (Å²) in [5.74, 6) is 2.98. The third-order valence-electron chi connectivity index (χ3n) is 5.49. The van der Waals surface area contributed by atoms with Gasteiger partial charge in [-0.1, -0.05) is 30.0 Å². The van der Waals surface area contributed by atoms with Gasteiger partial charge in [0, 0.05) is 49.0 Å². The van der Waals surface area contributed by atoms with Crippen LogP contribution in [0.5, 0.6) is 0 Å². The number of nitrogens with zero attached hydrogens (tertiary/aromatic N) is 2. The van der Waals surface area contributed by atoms with Crippen LogP contribution in [-0.4, -0.2) is 23.7 Å². The molecule has 0 aliphatic rings. The standard InChI is InChI=1S/C28H23F3N2O/c1-34-14-2-3-22-17-32-26(33-18-22)13-11-20-6-4-19(5-7-20)8-9-21-10-12-24-23(15-21)16-25(29)28(31)27(24)30/h4-7,10,12,15-18H,2-3,11,13-14H2,1H3. The molecule has 0 aliphatic carbocycles. The minimum atomic E-state index is -1.46. The van der Waals surface area contributed by atoms with Gasteiger partial charge in [0.1, 0.15) is 5.82 Å². The van der Waals surface area contributed by atoms with Gasteiger partial charge in [0.25, 0.3) is 0 Å². The molecule has 0 atom stereocenters. The first-order chi connectivity index (χ1) is 16.5. The van der Waals surface area contributed by atoms with Gasteiger partial charge in [-0.2, -0.15) is 0 Å². The van der Waals surface area contributed by atoms with Crippen molar-refractivity contribution >= 4 is 10.8 Å². The van der Waals surface area contributed by atoms with Crippen molar-refractivity contribution in [2.45, 2.75) is 25.7 Å². The molecule has 0 saturated carbocycles. The Balaban J connectivity index is 1.37. The molecular formula is C28H23F3N2O. The van der Waals surface area contributed by atoms with E-state index in [4.69, 9.17) is 4.74 Å².